The first-order chi connectivity index (χ1) is 13.8. The number of ether oxygens (including phenoxy) is 3. The van der Waals surface area contributed by atoms with E-state index in [0.29, 0.717) is 17.1 Å². The second-order valence-corrected chi connectivity index (χ2v) is 6.88. The van der Waals surface area contributed by atoms with E-state index in [9.17, 15) is 25.2 Å². The molecule has 5 atom stereocenters. The van der Waals surface area contributed by atoms with E-state index in [0.717, 1.165) is 11.1 Å². The molecule has 0 unspecified atom stereocenters. The molecule has 156 valence electrons. The van der Waals surface area contributed by atoms with Crippen LogP contribution in [0.15, 0.2) is 42.5 Å². The van der Waals surface area contributed by atoms with Gasteiger partial charge in [-0.05, 0) is 36.2 Å². The Morgan fingerprint density at radius 1 is 1.03 bits per heavy atom. The molecule has 1 saturated heterocycles. The Labute approximate surface area is 167 Å². The summed E-state index contributed by atoms with van der Waals surface area (Å²) in [6, 6.07) is 12.2. The third-order valence-corrected chi connectivity index (χ3v) is 4.74. The fourth-order valence-electron chi connectivity index (χ4n) is 3.20. The SMILES string of the molecule is CC(=O)Oc1ccc(C)c(-c2ccccc2O[C@@H]2O[C@H](CO)[C@@H](O)[C@H](O)[C@@H]2O)c1. The molecule has 1 aliphatic heterocycles. The first-order valence-corrected chi connectivity index (χ1v) is 9.17. The van der Waals surface area contributed by atoms with E-state index in [-0.39, 0.29) is 0 Å². The Bertz CT molecular complexity index is 866. The van der Waals surface area contributed by atoms with E-state index in [1.807, 2.05) is 6.92 Å². The molecule has 1 fully saturated rings. The lowest BCUT2D eigenvalue weighted by atomic mass is 9.98. The Morgan fingerprint density at radius 3 is 2.45 bits per heavy atom. The second kappa shape index (κ2) is 8.89. The van der Waals surface area contributed by atoms with Crippen molar-refractivity contribution in [1.82, 2.24) is 0 Å². The van der Waals surface area contributed by atoms with Crippen LogP contribution in [0.1, 0.15) is 12.5 Å². The van der Waals surface area contributed by atoms with E-state index < -0.39 is 43.3 Å². The molecule has 3 rings (SSSR count). The number of aryl methyl sites for hydroxylation is 1. The molecule has 2 aromatic rings. The zero-order valence-corrected chi connectivity index (χ0v) is 16.1. The Balaban J connectivity index is 1.93. The van der Waals surface area contributed by atoms with Crippen LogP contribution >= 0.6 is 0 Å². The molecule has 0 aliphatic carbocycles. The Kier molecular flexibility index (Phi) is 6.51. The van der Waals surface area contributed by atoms with Gasteiger partial charge in [-0.25, -0.2) is 0 Å². The van der Waals surface area contributed by atoms with E-state index in [2.05, 4.69) is 0 Å². The van der Waals surface area contributed by atoms with Crippen molar-refractivity contribution >= 4 is 5.97 Å². The van der Waals surface area contributed by atoms with Gasteiger partial charge < -0.3 is 34.6 Å². The van der Waals surface area contributed by atoms with Crippen LogP contribution in [0.5, 0.6) is 11.5 Å². The van der Waals surface area contributed by atoms with Crippen molar-refractivity contribution in [3.8, 4) is 22.6 Å². The maximum Gasteiger partial charge on any atom is 0.308 e. The van der Waals surface area contributed by atoms with Crippen molar-refractivity contribution in [3.63, 3.8) is 0 Å². The molecule has 2 aromatic carbocycles. The number of rotatable bonds is 5. The fourth-order valence-corrected chi connectivity index (χ4v) is 3.20. The van der Waals surface area contributed by atoms with Gasteiger partial charge in [-0.1, -0.05) is 24.3 Å². The van der Waals surface area contributed by atoms with Gasteiger partial charge in [0.05, 0.1) is 6.61 Å². The van der Waals surface area contributed by atoms with E-state index in [1.165, 1.54) is 6.92 Å². The minimum Gasteiger partial charge on any atom is -0.461 e. The van der Waals surface area contributed by atoms with Gasteiger partial charge in [0.1, 0.15) is 35.9 Å². The Morgan fingerprint density at radius 2 is 1.76 bits per heavy atom. The lowest BCUT2D eigenvalue weighted by Crippen LogP contribution is -2.60. The average molecular weight is 404 g/mol. The third-order valence-electron chi connectivity index (χ3n) is 4.74. The van der Waals surface area contributed by atoms with Crippen LogP contribution in [0.4, 0.5) is 0 Å². The van der Waals surface area contributed by atoms with Crippen LogP contribution in [-0.4, -0.2) is 63.7 Å². The van der Waals surface area contributed by atoms with Crippen molar-refractivity contribution in [1.29, 1.82) is 0 Å². The normalized spacial score (nSPS) is 26.8. The fraction of sp³-hybridized carbons (Fsp3) is 0.381. The largest absolute Gasteiger partial charge is 0.461 e. The van der Waals surface area contributed by atoms with Gasteiger partial charge in [-0.3, -0.25) is 4.79 Å². The highest BCUT2D eigenvalue weighted by Gasteiger charge is 2.44. The highest BCUT2D eigenvalue weighted by atomic mass is 16.7. The van der Waals surface area contributed by atoms with Crippen molar-refractivity contribution in [2.75, 3.05) is 6.61 Å². The van der Waals surface area contributed by atoms with E-state index in [4.69, 9.17) is 14.2 Å². The van der Waals surface area contributed by atoms with E-state index in [1.54, 1.807) is 42.5 Å². The highest BCUT2D eigenvalue weighted by molar-refractivity contribution is 5.76. The molecular formula is C21H24O8. The number of para-hydroxylation sites is 1. The summed E-state index contributed by atoms with van der Waals surface area (Å²) in [4.78, 5) is 11.3. The van der Waals surface area contributed by atoms with Crippen molar-refractivity contribution in [2.24, 2.45) is 0 Å². The summed E-state index contributed by atoms with van der Waals surface area (Å²) in [7, 11) is 0. The zero-order valence-electron chi connectivity index (χ0n) is 16.1. The molecule has 0 amide bonds. The van der Waals surface area contributed by atoms with Crippen molar-refractivity contribution in [3.05, 3.63) is 48.0 Å². The molecule has 8 nitrogen and oxygen atoms in total. The van der Waals surface area contributed by atoms with Crippen molar-refractivity contribution < 1.29 is 39.4 Å². The minimum atomic E-state index is -1.54. The molecule has 0 aromatic heterocycles. The highest BCUT2D eigenvalue weighted by Crippen LogP contribution is 2.36. The van der Waals surface area contributed by atoms with Crippen LogP contribution in [-0.2, 0) is 9.53 Å². The van der Waals surface area contributed by atoms with Gasteiger partial charge in [-0.15, -0.1) is 0 Å². The number of benzene rings is 2. The van der Waals surface area contributed by atoms with Crippen LogP contribution in [0.25, 0.3) is 11.1 Å². The van der Waals surface area contributed by atoms with E-state index >= 15 is 0 Å². The zero-order chi connectivity index (χ0) is 21.1. The third kappa shape index (κ3) is 4.58. The van der Waals surface area contributed by atoms with Crippen molar-refractivity contribution in [2.45, 2.75) is 44.6 Å². The first kappa shape index (κ1) is 21.2. The van der Waals surface area contributed by atoms with Crippen LogP contribution in [0.3, 0.4) is 0 Å². The number of aliphatic hydroxyl groups excluding tert-OH is 4. The molecule has 0 radical (unpaired) electrons. The van der Waals surface area contributed by atoms with Gasteiger partial charge >= 0.3 is 5.97 Å². The number of esters is 1. The van der Waals surface area contributed by atoms with Gasteiger partial charge in [-0.2, -0.15) is 0 Å². The summed E-state index contributed by atoms with van der Waals surface area (Å²) in [6.45, 7) is 2.66. The molecule has 29 heavy (non-hydrogen) atoms. The summed E-state index contributed by atoms with van der Waals surface area (Å²) in [5, 5.41) is 39.5. The molecule has 0 bridgehead atoms. The first-order valence-electron chi connectivity index (χ1n) is 9.17. The number of hydrogen-bond acceptors (Lipinski definition) is 8. The van der Waals surface area contributed by atoms with Crippen LogP contribution in [0, 0.1) is 6.92 Å². The quantitative estimate of drug-likeness (QED) is 0.425. The summed E-state index contributed by atoms with van der Waals surface area (Å²) >= 11 is 0. The van der Waals surface area contributed by atoms with Crippen LogP contribution < -0.4 is 9.47 Å². The molecule has 8 heteroatoms. The summed E-state index contributed by atoms with van der Waals surface area (Å²) < 4.78 is 16.4. The summed E-state index contributed by atoms with van der Waals surface area (Å²) in [5.74, 6) is 0.284. The Hall–Kier alpha value is -2.49. The molecule has 4 N–H and O–H groups in total. The topological polar surface area (TPSA) is 126 Å². The maximum atomic E-state index is 11.3. The number of carbonyl (C=O) groups is 1. The molecular weight excluding hydrogens is 380 g/mol. The summed E-state index contributed by atoms with van der Waals surface area (Å²) in [5.41, 5.74) is 2.28. The smallest absolute Gasteiger partial charge is 0.308 e. The van der Waals surface area contributed by atoms with Gasteiger partial charge in [0.15, 0.2) is 0 Å². The standard InChI is InChI=1S/C21H24O8/c1-11-7-8-13(27-12(2)23)9-15(11)14-5-3-4-6-16(14)28-21-20(26)19(25)18(24)17(10-22)29-21/h3-9,17-22,24-26H,10H2,1-2H3/t17-,18-,19+,20+,21-/m1/s1. The van der Waals surface area contributed by atoms with Gasteiger partial charge in [0, 0.05) is 12.5 Å². The predicted molar refractivity (Wildman–Crippen MR) is 102 cm³/mol. The summed E-state index contributed by atoms with van der Waals surface area (Å²) in [6.07, 6.45) is -6.89. The van der Waals surface area contributed by atoms with Crippen LogP contribution in [0.2, 0.25) is 0 Å². The molecule has 1 aliphatic rings. The molecule has 1 heterocycles. The lowest BCUT2D eigenvalue weighted by Gasteiger charge is -2.39. The number of carbonyl (C=O) groups excluding carboxylic acids is 1. The van der Waals surface area contributed by atoms with Gasteiger partial charge in [0.25, 0.3) is 0 Å². The maximum absolute atomic E-state index is 11.3. The minimum absolute atomic E-state index is 0.347. The second-order valence-electron chi connectivity index (χ2n) is 6.88. The average Bonchev–Trinajstić information content (AvgIpc) is 2.70. The molecule has 0 spiro atoms. The van der Waals surface area contributed by atoms with Gasteiger partial charge in [0.2, 0.25) is 6.29 Å². The molecule has 0 saturated carbocycles. The lowest BCUT2D eigenvalue weighted by molar-refractivity contribution is -0.277. The number of aliphatic hydroxyl groups is 4. The predicted octanol–water partition coefficient (Wildman–Crippen LogP) is 0.766. The number of hydrogen-bond donors (Lipinski definition) is 4. The monoisotopic (exact) mass is 404 g/mol.